The van der Waals surface area contributed by atoms with E-state index in [1.165, 1.54) is 22.2 Å². The van der Waals surface area contributed by atoms with Crippen LogP contribution >= 0.6 is 0 Å². The first-order valence-electron chi connectivity index (χ1n) is 11.1. The fraction of sp³-hybridized carbons (Fsp3) is 0.333. The fourth-order valence-electron chi connectivity index (χ4n) is 4.93. The quantitative estimate of drug-likeness (QED) is 0.386. The summed E-state index contributed by atoms with van der Waals surface area (Å²) in [6.07, 6.45) is 2.49. The summed E-state index contributed by atoms with van der Waals surface area (Å²) in [4.78, 5) is 16.8. The molecule has 0 bridgehead atoms. The minimum atomic E-state index is -0.735. The minimum absolute atomic E-state index is 0.151. The van der Waals surface area contributed by atoms with E-state index in [1.54, 1.807) is 0 Å². The van der Waals surface area contributed by atoms with Crippen LogP contribution in [0.15, 0.2) is 54.6 Å². The highest BCUT2D eigenvalue weighted by Crippen LogP contribution is 2.32. The Morgan fingerprint density at radius 3 is 2.35 bits per heavy atom. The van der Waals surface area contributed by atoms with Crippen LogP contribution in [0.5, 0.6) is 0 Å². The lowest BCUT2D eigenvalue weighted by atomic mass is 9.82. The Hall–Kier alpha value is -3.14. The molecule has 1 atom stereocenters. The van der Waals surface area contributed by atoms with Gasteiger partial charge in [0.1, 0.15) is 5.65 Å². The number of aromatic nitrogens is 2. The molecular weight excluding hydrogens is 384 g/mol. The summed E-state index contributed by atoms with van der Waals surface area (Å²) in [5.41, 5.74) is 7.63. The number of hydrogen-bond acceptors (Lipinski definition) is 2. The molecule has 4 aromatic rings. The molecule has 4 nitrogen and oxygen atoms in total. The van der Waals surface area contributed by atoms with E-state index in [0.29, 0.717) is 0 Å². The third kappa shape index (κ3) is 3.83. The summed E-state index contributed by atoms with van der Waals surface area (Å²) in [6, 6.07) is 18.7. The maximum atomic E-state index is 11.9. The molecule has 2 aromatic carbocycles. The number of carboxylic acids is 1. The van der Waals surface area contributed by atoms with E-state index in [9.17, 15) is 9.90 Å². The topological polar surface area (TPSA) is 54.6 Å². The van der Waals surface area contributed by atoms with Gasteiger partial charge in [0.05, 0.1) is 11.4 Å². The van der Waals surface area contributed by atoms with Gasteiger partial charge in [-0.1, -0.05) is 69.2 Å². The maximum absolute atomic E-state index is 11.9. The van der Waals surface area contributed by atoms with Gasteiger partial charge in [-0.05, 0) is 43.0 Å². The molecule has 2 heterocycles. The predicted octanol–water partition coefficient (Wildman–Crippen LogP) is 6.30. The van der Waals surface area contributed by atoms with Crippen LogP contribution in [0.25, 0.3) is 16.6 Å². The van der Waals surface area contributed by atoms with Crippen molar-refractivity contribution in [1.29, 1.82) is 0 Å². The molecule has 0 saturated carbocycles. The molecule has 0 fully saturated rings. The summed E-state index contributed by atoms with van der Waals surface area (Å²) >= 11 is 0. The molecule has 1 unspecified atom stereocenters. The first-order valence-corrected chi connectivity index (χ1v) is 11.1. The lowest BCUT2D eigenvalue weighted by Gasteiger charge is -2.22. The molecule has 1 N–H and O–H groups in total. The summed E-state index contributed by atoms with van der Waals surface area (Å²) < 4.78 is 2.24. The molecular formula is C27H30N2O2. The second kappa shape index (κ2) is 8.54. The largest absolute Gasteiger partial charge is 0.481 e. The zero-order valence-corrected chi connectivity index (χ0v) is 18.7. The number of carbonyl (C=O) groups is 1. The predicted molar refractivity (Wildman–Crippen MR) is 126 cm³/mol. The molecule has 0 spiro atoms. The Kier molecular flexibility index (Phi) is 5.81. The van der Waals surface area contributed by atoms with Gasteiger partial charge in [-0.25, -0.2) is 4.98 Å². The molecule has 0 saturated heterocycles. The van der Waals surface area contributed by atoms with Gasteiger partial charge in [0.25, 0.3) is 0 Å². The van der Waals surface area contributed by atoms with Gasteiger partial charge in [-0.2, -0.15) is 0 Å². The number of rotatable bonds is 7. The van der Waals surface area contributed by atoms with E-state index < -0.39 is 11.9 Å². The normalized spacial score (nSPS) is 12.7. The molecule has 0 aliphatic rings. The van der Waals surface area contributed by atoms with Crippen molar-refractivity contribution in [2.45, 2.75) is 52.9 Å². The van der Waals surface area contributed by atoms with Crippen molar-refractivity contribution in [3.63, 3.8) is 0 Å². The number of fused-ring (bicyclic) bond motifs is 3. The highest BCUT2D eigenvalue weighted by atomic mass is 16.4. The van der Waals surface area contributed by atoms with Crippen molar-refractivity contribution in [2.75, 3.05) is 0 Å². The van der Waals surface area contributed by atoms with Crippen LogP contribution in [-0.4, -0.2) is 20.5 Å². The van der Waals surface area contributed by atoms with E-state index in [2.05, 4.69) is 67.6 Å². The van der Waals surface area contributed by atoms with E-state index in [-0.39, 0.29) is 5.92 Å². The van der Waals surface area contributed by atoms with Crippen LogP contribution in [-0.2, 0) is 11.2 Å². The van der Waals surface area contributed by atoms with Crippen molar-refractivity contribution in [3.8, 4) is 0 Å². The molecule has 0 aliphatic heterocycles. The number of aryl methyl sites for hydroxylation is 2. The van der Waals surface area contributed by atoms with E-state index >= 15 is 0 Å². The van der Waals surface area contributed by atoms with Crippen LogP contribution in [0.3, 0.4) is 0 Å². The van der Waals surface area contributed by atoms with E-state index in [1.807, 2.05) is 19.1 Å². The molecule has 4 rings (SSSR count). The zero-order chi connectivity index (χ0) is 22.1. The molecule has 0 radical (unpaired) electrons. The molecule has 160 valence electrons. The summed E-state index contributed by atoms with van der Waals surface area (Å²) in [7, 11) is 0. The number of carboxylic acid groups (broad SMARTS) is 1. The second-order valence-electron chi connectivity index (χ2n) is 8.50. The van der Waals surface area contributed by atoms with Crippen molar-refractivity contribution >= 4 is 22.5 Å². The molecule has 2 aromatic heterocycles. The van der Waals surface area contributed by atoms with Crippen molar-refractivity contribution in [1.82, 2.24) is 9.38 Å². The Labute approximate surface area is 183 Å². The highest BCUT2D eigenvalue weighted by molar-refractivity contribution is 5.91. The van der Waals surface area contributed by atoms with Gasteiger partial charge in [0, 0.05) is 28.8 Å². The average molecular weight is 415 g/mol. The summed E-state index contributed by atoms with van der Waals surface area (Å²) in [6.45, 7) is 8.29. The number of hydrogen-bond donors (Lipinski definition) is 1. The second-order valence-corrected chi connectivity index (χ2v) is 8.50. The van der Waals surface area contributed by atoms with Gasteiger partial charge < -0.3 is 5.11 Å². The minimum Gasteiger partial charge on any atom is -0.481 e. The van der Waals surface area contributed by atoms with E-state index in [0.717, 1.165) is 41.7 Å². The standard InChI is InChI=1S/C27H30N2O2/c1-5-20(6-2)25(27(30)31)21-13-11-19(12-14-21)16-23-22-9-7-8-10-24(22)29-18(4)15-17(3)28-26(23)29/h7-15,20,25H,5-6,16H2,1-4H3,(H,30,31). The monoisotopic (exact) mass is 414 g/mol. The van der Waals surface area contributed by atoms with Crippen LogP contribution in [0.4, 0.5) is 0 Å². The smallest absolute Gasteiger partial charge is 0.311 e. The maximum Gasteiger partial charge on any atom is 0.311 e. The van der Waals surface area contributed by atoms with Gasteiger partial charge in [0.2, 0.25) is 0 Å². The SMILES string of the molecule is CCC(CC)C(C(=O)O)c1ccc(Cc2c3ccccc3n3c(C)cc(C)nc23)cc1. The Balaban J connectivity index is 1.75. The lowest BCUT2D eigenvalue weighted by Crippen LogP contribution is -2.20. The fourth-order valence-corrected chi connectivity index (χ4v) is 4.93. The molecule has 4 heteroatoms. The van der Waals surface area contributed by atoms with Crippen molar-refractivity contribution in [2.24, 2.45) is 5.92 Å². The van der Waals surface area contributed by atoms with Gasteiger partial charge in [0.15, 0.2) is 0 Å². The molecule has 0 aliphatic carbocycles. The number of benzene rings is 2. The number of para-hydroxylation sites is 1. The third-order valence-electron chi connectivity index (χ3n) is 6.51. The van der Waals surface area contributed by atoms with Crippen LogP contribution in [0.2, 0.25) is 0 Å². The first-order chi connectivity index (χ1) is 14.9. The number of nitrogens with zero attached hydrogens (tertiary/aromatic N) is 2. The summed E-state index contributed by atoms with van der Waals surface area (Å²) in [5, 5.41) is 11.0. The zero-order valence-electron chi connectivity index (χ0n) is 18.7. The number of aliphatic carboxylic acids is 1. The third-order valence-corrected chi connectivity index (χ3v) is 6.51. The Morgan fingerprint density at radius 2 is 1.71 bits per heavy atom. The highest BCUT2D eigenvalue weighted by Gasteiger charge is 2.27. The van der Waals surface area contributed by atoms with Gasteiger partial charge >= 0.3 is 5.97 Å². The van der Waals surface area contributed by atoms with E-state index in [4.69, 9.17) is 4.98 Å². The summed E-state index contributed by atoms with van der Waals surface area (Å²) in [5.74, 6) is -1.04. The van der Waals surface area contributed by atoms with Crippen LogP contribution in [0, 0.1) is 19.8 Å². The lowest BCUT2D eigenvalue weighted by molar-refractivity contribution is -0.140. The van der Waals surface area contributed by atoms with Gasteiger partial charge in [-0.15, -0.1) is 0 Å². The van der Waals surface area contributed by atoms with Crippen molar-refractivity contribution in [3.05, 3.63) is 82.7 Å². The Morgan fingerprint density at radius 1 is 1.03 bits per heavy atom. The van der Waals surface area contributed by atoms with Gasteiger partial charge in [-0.3, -0.25) is 9.20 Å². The molecule has 31 heavy (non-hydrogen) atoms. The average Bonchev–Trinajstić information content (AvgIpc) is 3.06. The Bertz CT molecular complexity index is 1230. The first kappa shape index (κ1) is 21.1. The molecule has 0 amide bonds. The van der Waals surface area contributed by atoms with Crippen molar-refractivity contribution < 1.29 is 9.90 Å². The van der Waals surface area contributed by atoms with Crippen LogP contribution < -0.4 is 0 Å². The van der Waals surface area contributed by atoms with Crippen LogP contribution in [0.1, 0.15) is 60.7 Å².